The number of aromatic nitrogens is 1. The normalized spacial score (nSPS) is 29.8. The van der Waals surface area contributed by atoms with Gasteiger partial charge in [-0.05, 0) is 43.0 Å². The maximum absolute atomic E-state index is 11.8. The third-order valence-electron chi connectivity index (χ3n) is 6.14. The number of aromatic amines is 1. The maximum Gasteiger partial charge on any atom is 0.409 e. The maximum atomic E-state index is 11.8. The fourth-order valence-electron chi connectivity index (χ4n) is 5.09. The molecular weight excluding hydrogens is 302 g/mol. The van der Waals surface area contributed by atoms with Gasteiger partial charge in [0.2, 0.25) is 0 Å². The van der Waals surface area contributed by atoms with Crippen molar-refractivity contribution in [3.63, 3.8) is 0 Å². The van der Waals surface area contributed by atoms with Crippen molar-refractivity contribution in [2.45, 2.75) is 24.8 Å². The number of carbonyl (C=O) groups excluding carboxylic acids is 1. The van der Waals surface area contributed by atoms with Crippen LogP contribution in [-0.4, -0.2) is 60.2 Å². The number of rotatable bonds is 2. The molecule has 1 amide bonds. The molecule has 2 aliphatic heterocycles. The van der Waals surface area contributed by atoms with Crippen molar-refractivity contribution >= 4 is 17.0 Å². The second-order valence-electron chi connectivity index (χ2n) is 7.56. The van der Waals surface area contributed by atoms with Gasteiger partial charge in [0.1, 0.15) is 6.61 Å². The molecule has 126 valence electrons. The molecule has 1 aromatic carbocycles. The first kappa shape index (κ1) is 14.3. The number of H-pyrrole nitrogens is 1. The fraction of sp³-hybridized carbons (Fsp3) is 0.526. The van der Waals surface area contributed by atoms with Crippen LogP contribution in [0.25, 0.3) is 10.9 Å². The number of ether oxygens (including phenoxy) is 1. The lowest BCUT2D eigenvalue weighted by Crippen LogP contribution is -2.50. The molecule has 24 heavy (non-hydrogen) atoms. The minimum atomic E-state index is -0.140. The van der Waals surface area contributed by atoms with Gasteiger partial charge in [-0.15, -0.1) is 0 Å². The first-order chi connectivity index (χ1) is 11.7. The molecule has 1 aliphatic carbocycles. The number of fused-ring (bicyclic) bond motifs is 2. The Hall–Kier alpha value is -2.01. The molecule has 0 bridgehead atoms. The monoisotopic (exact) mass is 325 g/mol. The Morgan fingerprint density at radius 2 is 2.29 bits per heavy atom. The highest BCUT2D eigenvalue weighted by atomic mass is 16.6. The Morgan fingerprint density at radius 3 is 3.12 bits per heavy atom. The number of cyclic esters (lactones) is 1. The zero-order chi connectivity index (χ0) is 16.3. The van der Waals surface area contributed by atoms with Crippen LogP contribution < -0.4 is 0 Å². The predicted molar refractivity (Wildman–Crippen MR) is 92.2 cm³/mol. The van der Waals surface area contributed by atoms with Gasteiger partial charge in [0.25, 0.3) is 0 Å². The van der Waals surface area contributed by atoms with E-state index >= 15 is 0 Å². The Kier molecular flexibility index (Phi) is 3.13. The lowest BCUT2D eigenvalue weighted by atomic mass is 9.72. The van der Waals surface area contributed by atoms with Crippen molar-refractivity contribution in [1.82, 2.24) is 14.8 Å². The van der Waals surface area contributed by atoms with E-state index in [2.05, 4.69) is 41.3 Å². The van der Waals surface area contributed by atoms with Crippen molar-refractivity contribution < 1.29 is 9.53 Å². The molecule has 3 aliphatic rings. The zero-order valence-electron chi connectivity index (χ0n) is 14.0. The number of carbonyl (C=O) groups is 1. The molecule has 3 atom stereocenters. The highest BCUT2D eigenvalue weighted by Crippen LogP contribution is 2.44. The van der Waals surface area contributed by atoms with Crippen LogP contribution in [0.5, 0.6) is 0 Å². The van der Waals surface area contributed by atoms with E-state index in [1.807, 2.05) is 4.90 Å². The SMILES string of the molecule is CN1C[C@H](CN2CCOC2=O)C[C@@H]2c3cccc4[nH]cc(c34)C[C@H]21. The van der Waals surface area contributed by atoms with Crippen LogP contribution in [0.3, 0.4) is 0 Å². The first-order valence-corrected chi connectivity index (χ1v) is 8.91. The van der Waals surface area contributed by atoms with E-state index in [0.29, 0.717) is 24.5 Å². The van der Waals surface area contributed by atoms with E-state index in [9.17, 15) is 4.79 Å². The molecule has 3 heterocycles. The molecule has 5 heteroatoms. The average Bonchev–Trinajstić information content (AvgIpc) is 3.17. The van der Waals surface area contributed by atoms with Crippen LogP contribution in [0.15, 0.2) is 24.4 Å². The van der Waals surface area contributed by atoms with Crippen molar-refractivity contribution in [3.8, 4) is 0 Å². The molecule has 0 radical (unpaired) electrons. The zero-order valence-corrected chi connectivity index (χ0v) is 14.0. The Labute approximate surface area is 141 Å². The van der Waals surface area contributed by atoms with Gasteiger partial charge in [0.15, 0.2) is 0 Å². The molecular formula is C19H23N3O2. The highest BCUT2D eigenvalue weighted by Gasteiger charge is 2.40. The molecule has 5 rings (SSSR count). The van der Waals surface area contributed by atoms with E-state index in [0.717, 1.165) is 32.5 Å². The molecule has 2 fully saturated rings. The molecule has 2 aromatic rings. The van der Waals surface area contributed by atoms with E-state index in [1.54, 1.807) is 0 Å². The van der Waals surface area contributed by atoms with Gasteiger partial charge < -0.3 is 19.5 Å². The highest BCUT2D eigenvalue weighted by molar-refractivity contribution is 5.88. The molecule has 1 N–H and O–H groups in total. The molecule has 0 unspecified atom stereocenters. The number of likely N-dealkylation sites (tertiary alicyclic amines) is 1. The fourth-order valence-corrected chi connectivity index (χ4v) is 5.09. The lowest BCUT2D eigenvalue weighted by molar-refractivity contribution is 0.0933. The Bertz CT molecular complexity index is 799. The van der Waals surface area contributed by atoms with Gasteiger partial charge >= 0.3 is 6.09 Å². The summed E-state index contributed by atoms with van der Waals surface area (Å²) in [6.07, 6.45) is 4.32. The number of piperidine rings is 1. The van der Waals surface area contributed by atoms with Crippen molar-refractivity contribution in [1.29, 1.82) is 0 Å². The van der Waals surface area contributed by atoms with Crippen LogP contribution in [0, 0.1) is 5.92 Å². The van der Waals surface area contributed by atoms with Crippen LogP contribution in [0.2, 0.25) is 0 Å². The molecule has 1 aromatic heterocycles. The average molecular weight is 325 g/mol. The summed E-state index contributed by atoms with van der Waals surface area (Å²) in [6.45, 7) is 3.16. The largest absolute Gasteiger partial charge is 0.448 e. The summed E-state index contributed by atoms with van der Waals surface area (Å²) in [6, 6.07) is 7.21. The number of benzene rings is 1. The van der Waals surface area contributed by atoms with Crippen LogP contribution in [0.4, 0.5) is 4.79 Å². The van der Waals surface area contributed by atoms with Gasteiger partial charge in [-0.1, -0.05) is 12.1 Å². The van der Waals surface area contributed by atoms with E-state index in [-0.39, 0.29) is 6.09 Å². The summed E-state index contributed by atoms with van der Waals surface area (Å²) in [4.78, 5) is 19.6. The van der Waals surface area contributed by atoms with Gasteiger partial charge in [0.05, 0.1) is 6.54 Å². The number of nitrogens with zero attached hydrogens (tertiary/aromatic N) is 2. The molecule has 0 spiro atoms. The van der Waals surface area contributed by atoms with E-state index in [1.165, 1.54) is 22.0 Å². The van der Waals surface area contributed by atoms with Gasteiger partial charge in [-0.25, -0.2) is 4.79 Å². The smallest absolute Gasteiger partial charge is 0.409 e. The summed E-state index contributed by atoms with van der Waals surface area (Å²) >= 11 is 0. The third-order valence-corrected chi connectivity index (χ3v) is 6.14. The lowest BCUT2D eigenvalue weighted by Gasteiger charge is -2.46. The van der Waals surface area contributed by atoms with Gasteiger partial charge in [0, 0.05) is 42.1 Å². The van der Waals surface area contributed by atoms with Crippen molar-refractivity contribution in [2.24, 2.45) is 5.92 Å². The minimum absolute atomic E-state index is 0.140. The molecule has 2 saturated heterocycles. The number of nitrogens with one attached hydrogen (secondary N) is 1. The second kappa shape index (κ2) is 5.24. The van der Waals surface area contributed by atoms with Crippen LogP contribution in [-0.2, 0) is 11.2 Å². The number of likely N-dealkylation sites (N-methyl/N-ethyl adjacent to an activating group) is 1. The Morgan fingerprint density at radius 1 is 1.38 bits per heavy atom. The predicted octanol–water partition coefficient (Wildman–Crippen LogP) is 2.58. The van der Waals surface area contributed by atoms with Crippen molar-refractivity contribution in [2.75, 3.05) is 33.3 Å². The van der Waals surface area contributed by atoms with E-state index < -0.39 is 0 Å². The number of amides is 1. The quantitative estimate of drug-likeness (QED) is 0.923. The summed E-state index contributed by atoms with van der Waals surface area (Å²) in [5.41, 5.74) is 4.20. The molecule has 5 nitrogen and oxygen atoms in total. The number of hydrogen-bond acceptors (Lipinski definition) is 3. The number of hydrogen-bond donors (Lipinski definition) is 1. The standard InChI is InChI=1S/C19H23N3O2/c1-21-10-12(11-22-5-6-24-19(22)23)7-15-14-3-2-4-16-18(14)13(9-20-16)8-17(15)21/h2-4,9,12,15,17,20H,5-8,10-11H2,1H3/t12-,15-,17-/m1/s1. The van der Waals surface area contributed by atoms with Crippen LogP contribution in [0.1, 0.15) is 23.5 Å². The van der Waals surface area contributed by atoms with Gasteiger partial charge in [-0.3, -0.25) is 0 Å². The summed E-state index contributed by atoms with van der Waals surface area (Å²) in [7, 11) is 2.24. The topological polar surface area (TPSA) is 48.6 Å². The van der Waals surface area contributed by atoms with Gasteiger partial charge in [-0.2, -0.15) is 0 Å². The van der Waals surface area contributed by atoms with Crippen molar-refractivity contribution in [3.05, 3.63) is 35.5 Å². The summed E-state index contributed by atoms with van der Waals surface area (Å²) < 4.78 is 5.09. The minimum Gasteiger partial charge on any atom is -0.448 e. The Balaban J connectivity index is 1.46. The van der Waals surface area contributed by atoms with Crippen LogP contribution >= 0.6 is 0 Å². The second-order valence-corrected chi connectivity index (χ2v) is 7.56. The molecule has 0 saturated carbocycles. The summed E-state index contributed by atoms with van der Waals surface area (Å²) in [5, 5.41) is 1.44. The first-order valence-electron chi connectivity index (χ1n) is 8.91. The third kappa shape index (κ3) is 2.07. The van der Waals surface area contributed by atoms with E-state index in [4.69, 9.17) is 4.74 Å². The summed E-state index contributed by atoms with van der Waals surface area (Å²) in [5.74, 6) is 1.07.